The highest BCUT2D eigenvalue weighted by molar-refractivity contribution is 6.31. The molecule has 6 rings (SSSR count). The normalized spacial score (nSPS) is 22.8. The first-order chi connectivity index (χ1) is 20.5. The molecule has 3 saturated heterocycles. The number of rotatable bonds is 11. The van der Waals surface area contributed by atoms with Crippen LogP contribution in [0.3, 0.4) is 0 Å². The molecule has 4 aliphatic rings. The van der Waals surface area contributed by atoms with Crippen LogP contribution in [0.1, 0.15) is 81.4 Å². The number of unbranched alkanes of at least 4 members (excludes halogenated alkanes) is 2. The molecule has 3 fully saturated rings. The molecule has 2 aromatic rings. The fourth-order valence-electron chi connectivity index (χ4n) is 7.35. The molecule has 8 heteroatoms. The first kappa shape index (κ1) is 29.6. The van der Waals surface area contributed by atoms with E-state index in [9.17, 15) is 5.11 Å². The van der Waals surface area contributed by atoms with Gasteiger partial charge in [-0.1, -0.05) is 31.4 Å². The van der Waals surface area contributed by atoms with E-state index in [1.165, 1.54) is 44.2 Å². The Balaban J connectivity index is 1.42. The second-order valence-corrected chi connectivity index (χ2v) is 13.0. The number of hydrogen-bond donors (Lipinski definition) is 3. The van der Waals surface area contributed by atoms with Gasteiger partial charge in [-0.2, -0.15) is 0 Å². The third-order valence-electron chi connectivity index (χ3n) is 9.52. The van der Waals surface area contributed by atoms with Gasteiger partial charge in [0.15, 0.2) is 0 Å². The summed E-state index contributed by atoms with van der Waals surface area (Å²) in [6.45, 7) is 9.17. The van der Waals surface area contributed by atoms with E-state index in [-0.39, 0.29) is 12.3 Å². The van der Waals surface area contributed by atoms with Gasteiger partial charge in [-0.05, 0) is 101 Å². The minimum Gasteiger partial charge on any atom is -0.507 e. The third-order valence-corrected chi connectivity index (χ3v) is 9.76. The molecule has 0 spiro atoms. The minimum atomic E-state index is 0.0526. The molecule has 4 heterocycles. The summed E-state index contributed by atoms with van der Waals surface area (Å²) >= 11 is 6.50. The molecule has 228 valence electrons. The number of aromatic hydroxyl groups is 1. The fraction of sp³-hybridized carbons (Fsp3) is 0.588. The number of piperidine rings is 1. The number of nitrogens with zero attached hydrogens (tertiary/aromatic N) is 3. The zero-order valence-electron chi connectivity index (χ0n) is 25.4. The Bertz CT molecular complexity index is 1230. The number of phenols is 1. The number of fused-ring (bicyclic) bond motifs is 2. The maximum absolute atomic E-state index is 11.5. The van der Waals surface area contributed by atoms with Crippen molar-refractivity contribution in [3.63, 3.8) is 0 Å². The van der Waals surface area contributed by atoms with Gasteiger partial charge < -0.3 is 25.4 Å². The minimum absolute atomic E-state index is 0.0526. The van der Waals surface area contributed by atoms with Crippen molar-refractivity contribution in [3.05, 3.63) is 57.7 Å². The Morgan fingerprint density at radius 3 is 2.24 bits per heavy atom. The van der Waals surface area contributed by atoms with Crippen molar-refractivity contribution < 1.29 is 9.84 Å². The smallest absolute Gasteiger partial charge is 0.129 e. The summed E-state index contributed by atoms with van der Waals surface area (Å²) in [5.41, 5.74) is 7.65. The van der Waals surface area contributed by atoms with Crippen LogP contribution < -0.4 is 10.6 Å². The number of ether oxygens (including phenoxy) is 1. The average molecular weight is 594 g/mol. The molecule has 0 saturated carbocycles. The van der Waals surface area contributed by atoms with Crippen molar-refractivity contribution >= 4 is 28.7 Å². The molecule has 0 radical (unpaired) electrons. The molecule has 0 bridgehead atoms. The highest BCUT2D eigenvalue weighted by Gasteiger charge is 2.38. The van der Waals surface area contributed by atoms with Gasteiger partial charge >= 0.3 is 0 Å². The third kappa shape index (κ3) is 6.40. The summed E-state index contributed by atoms with van der Waals surface area (Å²) in [5.74, 6) is 0.464. The Kier molecular flexibility index (Phi) is 9.49. The number of hydrogen-bond acceptors (Lipinski definition) is 7. The molecule has 0 aromatic heterocycles. The van der Waals surface area contributed by atoms with Crippen LogP contribution in [0.25, 0.3) is 5.70 Å². The molecule has 2 atom stereocenters. The topological polar surface area (TPSA) is 63.2 Å². The maximum atomic E-state index is 11.5. The van der Waals surface area contributed by atoms with Gasteiger partial charge in [0.05, 0.1) is 17.4 Å². The van der Waals surface area contributed by atoms with Crippen molar-refractivity contribution in [2.75, 3.05) is 50.5 Å². The molecule has 42 heavy (non-hydrogen) atoms. The summed E-state index contributed by atoms with van der Waals surface area (Å²) in [5, 5.41) is 20.0. The van der Waals surface area contributed by atoms with Gasteiger partial charge in [-0.15, -0.1) is 0 Å². The lowest BCUT2D eigenvalue weighted by molar-refractivity contribution is -0.0361. The number of methoxy groups -OCH3 is 1. The van der Waals surface area contributed by atoms with E-state index in [1.54, 1.807) is 0 Å². The van der Waals surface area contributed by atoms with Gasteiger partial charge in [0.2, 0.25) is 0 Å². The summed E-state index contributed by atoms with van der Waals surface area (Å²) in [6, 6.07) is 10.7. The van der Waals surface area contributed by atoms with Crippen LogP contribution in [0.15, 0.2) is 36.0 Å². The molecule has 0 amide bonds. The van der Waals surface area contributed by atoms with Crippen molar-refractivity contribution in [1.82, 2.24) is 14.7 Å². The first-order valence-corrected chi connectivity index (χ1v) is 16.6. The van der Waals surface area contributed by atoms with Crippen LogP contribution in [-0.4, -0.2) is 71.9 Å². The molecular formula is C34H48ClN5O2. The SMILES string of the molecule is CCCCCN1C2=C(Nc3cc(CN4CCCC4)c(O)c(CN4CCCC4)c3)c3ccc(Cl)cc3NC2CCC1OC. The van der Waals surface area contributed by atoms with Crippen molar-refractivity contribution in [3.8, 4) is 5.75 Å². The quantitative estimate of drug-likeness (QED) is 0.190. The second-order valence-electron chi connectivity index (χ2n) is 12.5. The van der Waals surface area contributed by atoms with E-state index in [0.29, 0.717) is 5.75 Å². The first-order valence-electron chi connectivity index (χ1n) is 16.2. The lowest BCUT2D eigenvalue weighted by Gasteiger charge is -2.46. The molecular weight excluding hydrogens is 546 g/mol. The molecule has 2 aromatic carbocycles. The number of phenolic OH excluding ortho intramolecular Hbond substituents is 1. The second kappa shape index (κ2) is 13.5. The summed E-state index contributed by atoms with van der Waals surface area (Å²) < 4.78 is 6.06. The number of halogens is 1. The Morgan fingerprint density at radius 1 is 0.952 bits per heavy atom. The molecule has 3 N–H and O–H groups in total. The maximum Gasteiger partial charge on any atom is 0.129 e. The van der Waals surface area contributed by atoms with Crippen LogP contribution >= 0.6 is 11.6 Å². The molecule has 4 aliphatic heterocycles. The van der Waals surface area contributed by atoms with E-state index in [0.717, 1.165) is 104 Å². The predicted octanol–water partition coefficient (Wildman–Crippen LogP) is 7.07. The van der Waals surface area contributed by atoms with Gasteiger partial charge in [0.25, 0.3) is 0 Å². The zero-order valence-corrected chi connectivity index (χ0v) is 26.2. The van der Waals surface area contributed by atoms with E-state index < -0.39 is 0 Å². The standard InChI is InChI=1S/C34H48ClN5O2/c1-3-4-5-18-40-31(42-2)13-12-29-33(40)32(28-11-10-26(35)21-30(28)37-29)36-27-19-24(22-38-14-6-7-15-38)34(41)25(20-27)23-39-16-8-9-17-39/h10-11,19-21,29,31,36-37,41H,3-9,12-18,22-23H2,1-2H3. The predicted molar refractivity (Wildman–Crippen MR) is 173 cm³/mol. The lowest BCUT2D eigenvalue weighted by atomic mass is 9.90. The van der Waals surface area contributed by atoms with Gasteiger partial charge in [0.1, 0.15) is 12.0 Å². The van der Waals surface area contributed by atoms with Crippen molar-refractivity contribution in [2.24, 2.45) is 0 Å². The molecule has 2 unspecified atom stereocenters. The van der Waals surface area contributed by atoms with Crippen LogP contribution in [0.2, 0.25) is 5.02 Å². The van der Waals surface area contributed by atoms with Crippen LogP contribution in [0, 0.1) is 0 Å². The van der Waals surface area contributed by atoms with E-state index >= 15 is 0 Å². The van der Waals surface area contributed by atoms with Gasteiger partial charge in [-0.3, -0.25) is 9.80 Å². The number of benzene rings is 2. The Labute approximate surface area is 256 Å². The highest BCUT2D eigenvalue weighted by atomic mass is 35.5. The average Bonchev–Trinajstić information content (AvgIpc) is 3.70. The van der Waals surface area contributed by atoms with Crippen molar-refractivity contribution in [1.29, 1.82) is 0 Å². The highest BCUT2D eigenvalue weighted by Crippen LogP contribution is 2.43. The van der Waals surface area contributed by atoms with Gasteiger partial charge in [0, 0.05) is 59.8 Å². The lowest BCUT2D eigenvalue weighted by Crippen LogP contribution is -2.49. The largest absolute Gasteiger partial charge is 0.507 e. The number of nitrogens with one attached hydrogen (secondary N) is 2. The monoisotopic (exact) mass is 593 g/mol. The van der Waals surface area contributed by atoms with Gasteiger partial charge in [-0.25, -0.2) is 0 Å². The number of anilines is 2. The van der Waals surface area contributed by atoms with Crippen LogP contribution in [-0.2, 0) is 17.8 Å². The van der Waals surface area contributed by atoms with E-state index in [2.05, 4.69) is 50.5 Å². The molecule has 0 aliphatic carbocycles. The molecule has 7 nitrogen and oxygen atoms in total. The van der Waals surface area contributed by atoms with Crippen LogP contribution in [0.4, 0.5) is 11.4 Å². The van der Waals surface area contributed by atoms with Crippen molar-refractivity contribution in [2.45, 2.75) is 90.1 Å². The zero-order chi connectivity index (χ0) is 29.1. The summed E-state index contributed by atoms with van der Waals surface area (Å²) in [7, 11) is 1.84. The number of likely N-dealkylation sites (tertiary alicyclic amines) is 3. The summed E-state index contributed by atoms with van der Waals surface area (Å²) in [6.07, 6.45) is 10.5. The Morgan fingerprint density at radius 2 is 1.62 bits per heavy atom. The van der Waals surface area contributed by atoms with Crippen LogP contribution in [0.5, 0.6) is 5.75 Å². The fourth-order valence-corrected chi connectivity index (χ4v) is 7.52. The van der Waals surface area contributed by atoms with E-state index in [1.807, 2.05) is 19.2 Å². The van der Waals surface area contributed by atoms with E-state index in [4.69, 9.17) is 16.3 Å². The Hall–Kier alpha value is -2.45. The summed E-state index contributed by atoms with van der Waals surface area (Å²) in [4.78, 5) is 7.43.